The van der Waals surface area contributed by atoms with Crippen LogP contribution in [0.25, 0.3) is 5.69 Å². The van der Waals surface area contributed by atoms with Gasteiger partial charge in [-0.05, 0) is 64.3 Å². The first-order chi connectivity index (χ1) is 14.5. The smallest absolute Gasteiger partial charge is 0.253 e. The number of carbonyl (C=O) groups excluding carboxylic acids is 2. The topological polar surface area (TPSA) is 58.4 Å². The summed E-state index contributed by atoms with van der Waals surface area (Å²) in [5, 5.41) is 4.25. The summed E-state index contributed by atoms with van der Waals surface area (Å²) >= 11 is 3.38. The first-order valence-corrected chi connectivity index (χ1v) is 10.8. The Bertz CT molecular complexity index is 1040. The maximum atomic E-state index is 12.9. The number of hydrogen-bond donors (Lipinski definition) is 0. The van der Waals surface area contributed by atoms with Gasteiger partial charge in [0, 0.05) is 43.5 Å². The molecule has 0 saturated carbocycles. The van der Waals surface area contributed by atoms with E-state index in [-0.39, 0.29) is 11.8 Å². The molecule has 3 aromatic rings. The van der Waals surface area contributed by atoms with Crippen LogP contribution in [0.15, 0.2) is 65.4 Å². The summed E-state index contributed by atoms with van der Waals surface area (Å²) in [4.78, 5) is 29.2. The van der Waals surface area contributed by atoms with Crippen LogP contribution in [0.4, 0.5) is 0 Å². The van der Waals surface area contributed by atoms with E-state index in [2.05, 4.69) is 28.0 Å². The van der Waals surface area contributed by atoms with Gasteiger partial charge in [0.15, 0.2) is 0 Å². The van der Waals surface area contributed by atoms with Crippen LogP contribution in [0.5, 0.6) is 0 Å². The molecular formula is C23H23BrN4O2. The maximum Gasteiger partial charge on any atom is 0.253 e. The Balaban J connectivity index is 1.36. The van der Waals surface area contributed by atoms with Crippen molar-refractivity contribution in [2.45, 2.75) is 13.3 Å². The zero-order valence-corrected chi connectivity index (χ0v) is 18.4. The SMILES string of the molecule is CCc1ccc(C(=O)N2CCN(C(=O)c3ccc(-n4cc(Br)cn4)cc3)CC2)cc1. The summed E-state index contributed by atoms with van der Waals surface area (Å²) in [5.41, 5.74) is 3.45. The van der Waals surface area contributed by atoms with E-state index in [1.165, 1.54) is 5.56 Å². The van der Waals surface area contributed by atoms with Gasteiger partial charge in [-0.2, -0.15) is 5.10 Å². The van der Waals surface area contributed by atoms with E-state index < -0.39 is 0 Å². The minimum atomic E-state index is -0.0115. The van der Waals surface area contributed by atoms with Gasteiger partial charge in [0.1, 0.15) is 0 Å². The van der Waals surface area contributed by atoms with Crippen LogP contribution < -0.4 is 0 Å². The Hall–Kier alpha value is -2.93. The van der Waals surface area contributed by atoms with Crippen LogP contribution in [-0.2, 0) is 6.42 Å². The van der Waals surface area contributed by atoms with E-state index in [1.54, 1.807) is 10.9 Å². The Labute approximate surface area is 184 Å². The Morgan fingerprint density at radius 3 is 1.80 bits per heavy atom. The highest BCUT2D eigenvalue weighted by atomic mass is 79.9. The molecule has 4 rings (SSSR count). The number of benzene rings is 2. The summed E-state index contributed by atoms with van der Waals surface area (Å²) < 4.78 is 2.65. The average molecular weight is 467 g/mol. The van der Waals surface area contributed by atoms with Crippen molar-refractivity contribution < 1.29 is 9.59 Å². The molecule has 1 aromatic heterocycles. The lowest BCUT2D eigenvalue weighted by molar-refractivity contribution is 0.0535. The van der Waals surface area contributed by atoms with Crippen molar-refractivity contribution in [3.05, 3.63) is 82.1 Å². The number of amides is 2. The molecule has 0 atom stereocenters. The van der Waals surface area contributed by atoms with Gasteiger partial charge in [-0.15, -0.1) is 0 Å². The summed E-state index contributed by atoms with van der Waals surface area (Å²) in [6, 6.07) is 15.2. The second-order valence-corrected chi connectivity index (χ2v) is 8.20. The number of aryl methyl sites for hydroxylation is 1. The molecule has 1 aliphatic heterocycles. The van der Waals surface area contributed by atoms with Gasteiger partial charge in [-0.25, -0.2) is 4.68 Å². The normalized spacial score (nSPS) is 14.1. The van der Waals surface area contributed by atoms with Gasteiger partial charge in [-0.1, -0.05) is 19.1 Å². The van der Waals surface area contributed by atoms with Gasteiger partial charge in [0.2, 0.25) is 0 Å². The quantitative estimate of drug-likeness (QED) is 0.587. The van der Waals surface area contributed by atoms with Gasteiger partial charge in [0.25, 0.3) is 11.8 Å². The third kappa shape index (κ3) is 4.31. The third-order valence-electron chi connectivity index (χ3n) is 5.39. The van der Waals surface area contributed by atoms with Gasteiger partial charge in [-0.3, -0.25) is 9.59 Å². The predicted octanol–water partition coefficient (Wildman–Crippen LogP) is 3.80. The Kier molecular flexibility index (Phi) is 5.99. The molecule has 1 saturated heterocycles. The van der Waals surface area contributed by atoms with Crippen molar-refractivity contribution in [1.82, 2.24) is 19.6 Å². The average Bonchev–Trinajstić information content (AvgIpc) is 3.24. The minimum absolute atomic E-state index is 0.0115. The highest BCUT2D eigenvalue weighted by molar-refractivity contribution is 9.10. The third-order valence-corrected chi connectivity index (χ3v) is 5.80. The van der Waals surface area contributed by atoms with E-state index in [4.69, 9.17) is 0 Å². The molecule has 0 N–H and O–H groups in total. The summed E-state index contributed by atoms with van der Waals surface area (Å²) in [7, 11) is 0. The molecule has 6 nitrogen and oxygen atoms in total. The zero-order chi connectivity index (χ0) is 21.1. The van der Waals surface area contributed by atoms with Crippen molar-refractivity contribution in [1.29, 1.82) is 0 Å². The van der Waals surface area contributed by atoms with E-state index in [0.29, 0.717) is 37.3 Å². The molecule has 0 radical (unpaired) electrons. The number of halogens is 1. The molecule has 2 amide bonds. The highest BCUT2D eigenvalue weighted by Gasteiger charge is 2.25. The number of piperazine rings is 1. The first kappa shape index (κ1) is 20.3. The lowest BCUT2D eigenvalue weighted by atomic mass is 10.1. The van der Waals surface area contributed by atoms with Crippen molar-refractivity contribution in [2.75, 3.05) is 26.2 Å². The maximum absolute atomic E-state index is 12.9. The van der Waals surface area contributed by atoms with Crippen molar-refractivity contribution in [3.63, 3.8) is 0 Å². The highest BCUT2D eigenvalue weighted by Crippen LogP contribution is 2.16. The van der Waals surface area contributed by atoms with Gasteiger partial charge in [0.05, 0.1) is 16.4 Å². The Morgan fingerprint density at radius 1 is 0.867 bits per heavy atom. The van der Waals surface area contributed by atoms with Crippen LogP contribution in [-0.4, -0.2) is 57.6 Å². The molecule has 0 bridgehead atoms. The van der Waals surface area contributed by atoms with Crippen molar-refractivity contribution >= 4 is 27.7 Å². The molecule has 0 unspecified atom stereocenters. The molecule has 2 heterocycles. The standard InChI is InChI=1S/C23H23BrN4O2/c1-2-17-3-5-18(6-4-17)22(29)26-11-13-27(14-12-26)23(30)19-7-9-21(10-8-19)28-16-20(24)15-25-28/h3-10,15-16H,2,11-14H2,1H3. The van der Waals surface area contributed by atoms with Crippen LogP contribution in [0.1, 0.15) is 33.2 Å². The van der Waals surface area contributed by atoms with Crippen molar-refractivity contribution in [2.24, 2.45) is 0 Å². The van der Waals surface area contributed by atoms with Crippen LogP contribution in [0.3, 0.4) is 0 Å². The number of rotatable bonds is 4. The first-order valence-electron chi connectivity index (χ1n) is 10.0. The largest absolute Gasteiger partial charge is 0.335 e. The molecule has 1 fully saturated rings. The summed E-state index contributed by atoms with van der Waals surface area (Å²) in [6.45, 7) is 4.24. The van der Waals surface area contributed by atoms with Gasteiger partial charge < -0.3 is 9.80 Å². The van der Waals surface area contributed by atoms with Crippen LogP contribution in [0.2, 0.25) is 0 Å². The number of hydrogen-bond acceptors (Lipinski definition) is 3. The molecule has 0 spiro atoms. The van der Waals surface area contributed by atoms with E-state index >= 15 is 0 Å². The fourth-order valence-corrected chi connectivity index (χ4v) is 3.85. The van der Waals surface area contributed by atoms with Gasteiger partial charge >= 0.3 is 0 Å². The lowest BCUT2D eigenvalue weighted by Crippen LogP contribution is -2.50. The van der Waals surface area contributed by atoms with Crippen LogP contribution >= 0.6 is 15.9 Å². The zero-order valence-electron chi connectivity index (χ0n) is 16.8. The lowest BCUT2D eigenvalue weighted by Gasteiger charge is -2.35. The number of carbonyl (C=O) groups is 2. The predicted molar refractivity (Wildman–Crippen MR) is 119 cm³/mol. The Morgan fingerprint density at radius 2 is 1.37 bits per heavy atom. The molecule has 30 heavy (non-hydrogen) atoms. The minimum Gasteiger partial charge on any atom is -0.335 e. The molecule has 2 aromatic carbocycles. The second-order valence-electron chi connectivity index (χ2n) is 7.28. The fraction of sp³-hybridized carbons (Fsp3) is 0.261. The molecule has 0 aliphatic carbocycles. The molecule has 1 aliphatic rings. The van der Waals surface area contributed by atoms with Crippen molar-refractivity contribution in [3.8, 4) is 5.69 Å². The number of nitrogens with zero attached hydrogens (tertiary/aromatic N) is 4. The molecule has 154 valence electrons. The van der Waals surface area contributed by atoms with E-state index in [1.807, 2.05) is 64.5 Å². The van der Waals surface area contributed by atoms with E-state index in [9.17, 15) is 9.59 Å². The molecular weight excluding hydrogens is 444 g/mol. The monoisotopic (exact) mass is 466 g/mol. The molecule has 7 heteroatoms. The van der Waals surface area contributed by atoms with E-state index in [0.717, 1.165) is 16.6 Å². The summed E-state index contributed by atoms with van der Waals surface area (Å²) in [6.07, 6.45) is 4.54. The second kappa shape index (κ2) is 8.83. The fourth-order valence-electron chi connectivity index (χ4n) is 3.56. The number of aromatic nitrogens is 2. The summed E-state index contributed by atoms with van der Waals surface area (Å²) in [5.74, 6) is 0.0158. The van der Waals surface area contributed by atoms with Crippen LogP contribution in [0, 0.1) is 0 Å².